The van der Waals surface area contributed by atoms with Gasteiger partial charge in [0.05, 0.1) is 0 Å². The van der Waals surface area contributed by atoms with Gasteiger partial charge in [0.1, 0.15) is 11.6 Å². The summed E-state index contributed by atoms with van der Waals surface area (Å²) in [5.74, 6) is 0.156. The summed E-state index contributed by atoms with van der Waals surface area (Å²) in [7, 11) is 3.35. The van der Waals surface area contributed by atoms with E-state index >= 15 is 0 Å². The first kappa shape index (κ1) is 22.6. The van der Waals surface area contributed by atoms with Crippen LogP contribution in [-0.4, -0.2) is 50.5 Å². The molecule has 2 N–H and O–H groups in total. The van der Waals surface area contributed by atoms with E-state index in [-0.39, 0.29) is 41.9 Å². The minimum absolute atomic E-state index is 0. The molecular formula is C18H27F2IN4O. The van der Waals surface area contributed by atoms with Crippen LogP contribution in [0.1, 0.15) is 24.8 Å². The summed E-state index contributed by atoms with van der Waals surface area (Å²) < 4.78 is 27.3. The Balaban J connectivity index is 0.00000338. The van der Waals surface area contributed by atoms with E-state index in [1.807, 2.05) is 0 Å². The highest BCUT2D eigenvalue weighted by atomic mass is 127. The number of hydrogen-bond acceptors (Lipinski definition) is 2. The quantitative estimate of drug-likeness (QED) is 0.387. The average molecular weight is 480 g/mol. The van der Waals surface area contributed by atoms with Crippen molar-refractivity contribution < 1.29 is 13.6 Å². The second kappa shape index (κ2) is 11.3. The molecule has 26 heavy (non-hydrogen) atoms. The zero-order valence-electron chi connectivity index (χ0n) is 15.2. The summed E-state index contributed by atoms with van der Waals surface area (Å²) in [5, 5.41) is 5.83. The Bertz CT molecular complexity index is 599. The Hall–Kier alpha value is -1.45. The zero-order chi connectivity index (χ0) is 18.2. The van der Waals surface area contributed by atoms with Crippen LogP contribution in [0.3, 0.4) is 0 Å². The highest BCUT2D eigenvalue weighted by Crippen LogP contribution is 2.20. The Morgan fingerprint density at radius 3 is 2.42 bits per heavy atom. The fourth-order valence-corrected chi connectivity index (χ4v) is 3.12. The molecule has 0 radical (unpaired) electrons. The molecular weight excluding hydrogens is 453 g/mol. The molecule has 0 bridgehead atoms. The molecule has 1 aromatic carbocycles. The number of nitrogens with one attached hydrogen (secondary N) is 2. The van der Waals surface area contributed by atoms with Crippen LogP contribution >= 0.6 is 24.0 Å². The fraction of sp³-hybridized carbons (Fsp3) is 0.556. The number of hydrogen-bond donors (Lipinski definition) is 2. The molecule has 1 amide bonds. The number of carbonyl (C=O) groups excluding carboxylic acids is 1. The summed E-state index contributed by atoms with van der Waals surface area (Å²) in [6.07, 6.45) is 2.67. The monoisotopic (exact) mass is 480 g/mol. The SMILES string of the molecule is CN=C(NCCc1c(F)cccc1F)N1CCC(CC(=O)NC)CC1.I. The maximum atomic E-state index is 13.6. The maximum Gasteiger partial charge on any atom is 0.220 e. The second-order valence-electron chi connectivity index (χ2n) is 6.23. The van der Waals surface area contributed by atoms with Crippen LogP contribution < -0.4 is 10.6 Å². The van der Waals surface area contributed by atoms with Gasteiger partial charge in [-0.05, 0) is 37.3 Å². The second-order valence-corrected chi connectivity index (χ2v) is 6.23. The number of nitrogens with zero attached hydrogens (tertiary/aromatic N) is 2. The van der Waals surface area contributed by atoms with Crippen molar-refractivity contribution in [1.82, 2.24) is 15.5 Å². The lowest BCUT2D eigenvalue weighted by molar-refractivity contribution is -0.121. The number of halogens is 3. The lowest BCUT2D eigenvalue weighted by Crippen LogP contribution is -2.46. The predicted octanol–water partition coefficient (Wildman–Crippen LogP) is 2.55. The molecule has 0 aromatic heterocycles. The molecule has 0 saturated carbocycles. The van der Waals surface area contributed by atoms with Crippen molar-refractivity contribution in [3.05, 3.63) is 35.4 Å². The zero-order valence-corrected chi connectivity index (χ0v) is 17.6. The lowest BCUT2D eigenvalue weighted by Gasteiger charge is -2.34. The van der Waals surface area contributed by atoms with E-state index in [1.54, 1.807) is 14.1 Å². The van der Waals surface area contributed by atoms with Gasteiger partial charge in [-0.25, -0.2) is 8.78 Å². The van der Waals surface area contributed by atoms with E-state index in [0.717, 1.165) is 31.9 Å². The van der Waals surface area contributed by atoms with Crippen LogP contribution in [0.15, 0.2) is 23.2 Å². The van der Waals surface area contributed by atoms with Gasteiger partial charge in [-0.15, -0.1) is 24.0 Å². The topological polar surface area (TPSA) is 56.7 Å². The van der Waals surface area contributed by atoms with Crippen LogP contribution in [0.4, 0.5) is 8.78 Å². The largest absolute Gasteiger partial charge is 0.359 e. The van der Waals surface area contributed by atoms with E-state index in [2.05, 4.69) is 20.5 Å². The van der Waals surface area contributed by atoms with Crippen molar-refractivity contribution in [2.24, 2.45) is 10.9 Å². The van der Waals surface area contributed by atoms with Crippen LogP contribution in [0.25, 0.3) is 0 Å². The number of benzene rings is 1. The lowest BCUT2D eigenvalue weighted by atomic mass is 9.93. The van der Waals surface area contributed by atoms with E-state index in [4.69, 9.17) is 0 Å². The summed E-state index contributed by atoms with van der Waals surface area (Å²) in [4.78, 5) is 17.8. The van der Waals surface area contributed by atoms with E-state index in [0.29, 0.717) is 18.9 Å². The number of guanidine groups is 1. The molecule has 2 rings (SSSR count). The molecule has 1 heterocycles. The molecule has 5 nitrogen and oxygen atoms in total. The van der Waals surface area contributed by atoms with Gasteiger partial charge in [0.25, 0.3) is 0 Å². The first-order valence-corrected chi connectivity index (χ1v) is 8.64. The number of carbonyl (C=O) groups is 1. The number of aliphatic imine (C=N–C) groups is 1. The number of amides is 1. The molecule has 146 valence electrons. The highest BCUT2D eigenvalue weighted by Gasteiger charge is 2.23. The molecule has 1 aromatic rings. The first-order chi connectivity index (χ1) is 12.0. The van der Waals surface area contributed by atoms with Crippen molar-refractivity contribution in [3.8, 4) is 0 Å². The summed E-state index contributed by atoms with van der Waals surface area (Å²) in [5.41, 5.74) is 0.0924. The van der Waals surface area contributed by atoms with Gasteiger partial charge in [-0.1, -0.05) is 6.07 Å². The van der Waals surface area contributed by atoms with Crippen molar-refractivity contribution in [1.29, 1.82) is 0 Å². The van der Waals surface area contributed by atoms with Crippen LogP contribution in [-0.2, 0) is 11.2 Å². The summed E-state index contributed by atoms with van der Waals surface area (Å²) in [6.45, 7) is 2.04. The van der Waals surface area contributed by atoms with Gasteiger partial charge < -0.3 is 15.5 Å². The average Bonchev–Trinajstić information content (AvgIpc) is 2.61. The van der Waals surface area contributed by atoms with Gasteiger partial charge in [0.2, 0.25) is 5.91 Å². The maximum absolute atomic E-state index is 13.6. The van der Waals surface area contributed by atoms with Crippen LogP contribution in [0, 0.1) is 17.6 Å². The number of piperidine rings is 1. The van der Waals surface area contributed by atoms with Crippen molar-refractivity contribution in [2.75, 3.05) is 33.7 Å². The van der Waals surface area contributed by atoms with Gasteiger partial charge >= 0.3 is 0 Å². The fourth-order valence-electron chi connectivity index (χ4n) is 3.12. The van der Waals surface area contributed by atoms with Gasteiger partial charge in [0.15, 0.2) is 5.96 Å². The minimum atomic E-state index is -0.521. The molecule has 0 aliphatic carbocycles. The molecule has 0 atom stereocenters. The molecule has 8 heteroatoms. The third-order valence-corrected chi connectivity index (χ3v) is 4.60. The van der Waals surface area contributed by atoms with Crippen LogP contribution in [0.5, 0.6) is 0 Å². The molecule has 1 aliphatic rings. The molecule has 0 unspecified atom stereocenters. The van der Waals surface area contributed by atoms with Gasteiger partial charge in [0, 0.05) is 45.7 Å². The van der Waals surface area contributed by atoms with E-state index in [9.17, 15) is 13.6 Å². The summed E-state index contributed by atoms with van der Waals surface area (Å²) in [6, 6.07) is 3.90. The molecule has 1 fully saturated rings. The Morgan fingerprint density at radius 2 is 1.88 bits per heavy atom. The third-order valence-electron chi connectivity index (χ3n) is 4.60. The Morgan fingerprint density at radius 1 is 1.27 bits per heavy atom. The van der Waals surface area contributed by atoms with Gasteiger partial charge in [-0.2, -0.15) is 0 Å². The first-order valence-electron chi connectivity index (χ1n) is 8.64. The van der Waals surface area contributed by atoms with E-state index < -0.39 is 11.6 Å². The summed E-state index contributed by atoms with van der Waals surface area (Å²) >= 11 is 0. The number of likely N-dealkylation sites (tertiary alicyclic amines) is 1. The van der Waals surface area contributed by atoms with E-state index in [1.165, 1.54) is 18.2 Å². The Labute approximate surface area is 170 Å². The van der Waals surface area contributed by atoms with Gasteiger partial charge in [-0.3, -0.25) is 9.79 Å². The Kier molecular flexibility index (Phi) is 9.82. The normalized spacial score (nSPS) is 15.4. The van der Waals surface area contributed by atoms with Crippen molar-refractivity contribution in [2.45, 2.75) is 25.7 Å². The third kappa shape index (κ3) is 6.37. The molecule has 1 saturated heterocycles. The smallest absolute Gasteiger partial charge is 0.220 e. The molecule has 1 aliphatic heterocycles. The minimum Gasteiger partial charge on any atom is -0.359 e. The standard InChI is InChI=1S/C18H26F2N4O.HI/c1-21-17(25)12-13-7-10-24(11-8-13)18(22-2)23-9-6-14-15(19)4-3-5-16(14)20;/h3-5,13H,6-12H2,1-2H3,(H,21,25)(H,22,23);1H. The highest BCUT2D eigenvalue weighted by molar-refractivity contribution is 14.0. The predicted molar refractivity (Wildman–Crippen MR) is 110 cm³/mol. The molecule has 0 spiro atoms. The van der Waals surface area contributed by atoms with Crippen molar-refractivity contribution >= 4 is 35.8 Å². The van der Waals surface area contributed by atoms with Crippen molar-refractivity contribution in [3.63, 3.8) is 0 Å². The van der Waals surface area contributed by atoms with Crippen LogP contribution in [0.2, 0.25) is 0 Å². The number of rotatable bonds is 5.